The summed E-state index contributed by atoms with van der Waals surface area (Å²) >= 11 is 0. The third kappa shape index (κ3) is 2.46. The van der Waals surface area contributed by atoms with Gasteiger partial charge in [0.05, 0.1) is 5.76 Å². The van der Waals surface area contributed by atoms with E-state index in [-0.39, 0.29) is 12.4 Å². The molecule has 0 aliphatic carbocycles. The Morgan fingerprint density at radius 3 is 2.89 bits per heavy atom. The lowest BCUT2D eigenvalue weighted by molar-refractivity contribution is -0.123. The van der Waals surface area contributed by atoms with Crippen molar-refractivity contribution >= 4 is 5.78 Å². The standard InChI is InChI=1S/C15H17NO2/c17-14-8-13-10-16(7-6-15(13)18-11-14)9-12-4-2-1-3-5-12/h1-5H,6-11H2. The SMILES string of the molecule is O=C1COC2=C(C1)CN(Cc1ccccc1)CC2. The number of carbonyl (C=O) groups is 1. The predicted molar refractivity (Wildman–Crippen MR) is 68.9 cm³/mol. The molecule has 3 heteroatoms. The molecule has 0 radical (unpaired) electrons. The van der Waals surface area contributed by atoms with Crippen molar-refractivity contribution in [2.24, 2.45) is 0 Å². The lowest BCUT2D eigenvalue weighted by atomic mass is 9.99. The Labute approximate surface area is 107 Å². The summed E-state index contributed by atoms with van der Waals surface area (Å²) in [5.41, 5.74) is 2.51. The van der Waals surface area contributed by atoms with Crippen molar-refractivity contribution in [1.82, 2.24) is 4.90 Å². The Balaban J connectivity index is 1.68. The number of benzene rings is 1. The van der Waals surface area contributed by atoms with Gasteiger partial charge in [0.1, 0.15) is 6.61 Å². The summed E-state index contributed by atoms with van der Waals surface area (Å²) in [4.78, 5) is 13.8. The summed E-state index contributed by atoms with van der Waals surface area (Å²) in [7, 11) is 0. The lowest BCUT2D eigenvalue weighted by Crippen LogP contribution is -2.35. The lowest BCUT2D eigenvalue weighted by Gasteiger charge is -2.32. The van der Waals surface area contributed by atoms with E-state index in [4.69, 9.17) is 4.74 Å². The topological polar surface area (TPSA) is 29.5 Å². The fourth-order valence-corrected chi connectivity index (χ4v) is 2.64. The molecule has 2 aliphatic rings. The minimum Gasteiger partial charge on any atom is -0.490 e. The van der Waals surface area contributed by atoms with Crippen LogP contribution in [0.4, 0.5) is 0 Å². The first kappa shape index (κ1) is 11.5. The molecule has 18 heavy (non-hydrogen) atoms. The number of carbonyl (C=O) groups excluding carboxylic acids is 1. The molecule has 2 heterocycles. The number of ether oxygens (including phenoxy) is 1. The van der Waals surface area contributed by atoms with Crippen molar-refractivity contribution in [1.29, 1.82) is 0 Å². The Kier molecular flexibility index (Phi) is 3.15. The zero-order chi connectivity index (χ0) is 12.4. The largest absolute Gasteiger partial charge is 0.490 e. The average molecular weight is 243 g/mol. The van der Waals surface area contributed by atoms with Gasteiger partial charge in [0.15, 0.2) is 5.78 Å². The van der Waals surface area contributed by atoms with Crippen molar-refractivity contribution in [2.75, 3.05) is 19.7 Å². The molecule has 1 aromatic carbocycles. The number of nitrogens with zero attached hydrogens (tertiary/aromatic N) is 1. The number of Topliss-reactive ketones (excluding diaryl/α,β-unsaturated/α-hetero) is 1. The van der Waals surface area contributed by atoms with E-state index in [1.54, 1.807) is 0 Å². The van der Waals surface area contributed by atoms with E-state index < -0.39 is 0 Å². The second-order valence-electron chi connectivity index (χ2n) is 4.98. The van der Waals surface area contributed by atoms with Crippen LogP contribution >= 0.6 is 0 Å². The van der Waals surface area contributed by atoms with Crippen molar-refractivity contribution in [3.05, 3.63) is 47.2 Å². The van der Waals surface area contributed by atoms with Gasteiger partial charge in [-0.2, -0.15) is 0 Å². The summed E-state index contributed by atoms with van der Waals surface area (Å²) < 4.78 is 5.50. The summed E-state index contributed by atoms with van der Waals surface area (Å²) in [6, 6.07) is 10.5. The first-order chi connectivity index (χ1) is 8.81. The van der Waals surface area contributed by atoms with Crippen molar-refractivity contribution in [3.63, 3.8) is 0 Å². The molecule has 0 amide bonds. The summed E-state index contributed by atoms with van der Waals surface area (Å²) in [5, 5.41) is 0. The van der Waals surface area contributed by atoms with Crippen LogP contribution in [0.5, 0.6) is 0 Å². The highest BCUT2D eigenvalue weighted by atomic mass is 16.5. The number of hydrogen-bond acceptors (Lipinski definition) is 3. The maximum absolute atomic E-state index is 11.4. The maximum atomic E-state index is 11.4. The fourth-order valence-electron chi connectivity index (χ4n) is 2.64. The summed E-state index contributed by atoms with van der Waals surface area (Å²) in [6.07, 6.45) is 1.52. The van der Waals surface area contributed by atoms with Crippen LogP contribution in [0.25, 0.3) is 0 Å². The van der Waals surface area contributed by atoms with E-state index in [9.17, 15) is 4.79 Å². The molecule has 0 bridgehead atoms. The third-order valence-electron chi connectivity index (χ3n) is 3.53. The van der Waals surface area contributed by atoms with Gasteiger partial charge in [-0.1, -0.05) is 30.3 Å². The fraction of sp³-hybridized carbons (Fsp3) is 0.400. The predicted octanol–water partition coefficient (Wildman–Crippen LogP) is 2.14. The van der Waals surface area contributed by atoms with Gasteiger partial charge in [-0.25, -0.2) is 0 Å². The van der Waals surface area contributed by atoms with Crippen LogP contribution in [-0.4, -0.2) is 30.4 Å². The van der Waals surface area contributed by atoms with Gasteiger partial charge in [-0.05, 0) is 11.1 Å². The Bertz CT molecular complexity index is 479. The molecule has 0 saturated carbocycles. The Hall–Kier alpha value is -1.61. The Morgan fingerprint density at radius 2 is 2.06 bits per heavy atom. The molecular formula is C15H17NO2. The van der Waals surface area contributed by atoms with Crippen LogP contribution in [0.3, 0.4) is 0 Å². The van der Waals surface area contributed by atoms with Crippen LogP contribution in [0.2, 0.25) is 0 Å². The third-order valence-corrected chi connectivity index (χ3v) is 3.53. The first-order valence-corrected chi connectivity index (χ1v) is 6.43. The average Bonchev–Trinajstić information content (AvgIpc) is 2.39. The zero-order valence-corrected chi connectivity index (χ0v) is 10.4. The quantitative estimate of drug-likeness (QED) is 0.797. The number of rotatable bonds is 2. The molecule has 0 fully saturated rings. The van der Waals surface area contributed by atoms with E-state index in [2.05, 4.69) is 29.2 Å². The second-order valence-corrected chi connectivity index (χ2v) is 4.98. The first-order valence-electron chi connectivity index (χ1n) is 6.43. The molecule has 2 aliphatic heterocycles. The second kappa shape index (κ2) is 4.94. The molecule has 3 nitrogen and oxygen atoms in total. The molecule has 94 valence electrons. The molecule has 0 unspecified atom stereocenters. The van der Waals surface area contributed by atoms with E-state index in [0.29, 0.717) is 6.42 Å². The van der Waals surface area contributed by atoms with Crippen molar-refractivity contribution in [3.8, 4) is 0 Å². The van der Waals surface area contributed by atoms with E-state index in [1.165, 1.54) is 11.1 Å². The van der Waals surface area contributed by atoms with E-state index in [1.807, 2.05) is 6.07 Å². The van der Waals surface area contributed by atoms with Gasteiger partial charge in [-0.3, -0.25) is 9.69 Å². The van der Waals surface area contributed by atoms with E-state index >= 15 is 0 Å². The molecule has 0 saturated heterocycles. The molecule has 3 rings (SSSR count). The number of ketones is 1. The van der Waals surface area contributed by atoms with Crippen LogP contribution < -0.4 is 0 Å². The molecule has 1 aromatic rings. The smallest absolute Gasteiger partial charge is 0.174 e. The van der Waals surface area contributed by atoms with Gasteiger partial charge in [0.2, 0.25) is 0 Å². The highest BCUT2D eigenvalue weighted by Crippen LogP contribution is 2.26. The van der Waals surface area contributed by atoms with Crippen molar-refractivity contribution in [2.45, 2.75) is 19.4 Å². The minimum absolute atomic E-state index is 0.204. The monoisotopic (exact) mass is 243 g/mol. The molecule has 0 aromatic heterocycles. The normalized spacial score (nSPS) is 20.6. The maximum Gasteiger partial charge on any atom is 0.174 e. The molecule has 0 N–H and O–H groups in total. The molecule has 0 spiro atoms. The van der Waals surface area contributed by atoms with Gasteiger partial charge in [0.25, 0.3) is 0 Å². The Morgan fingerprint density at radius 1 is 1.22 bits per heavy atom. The minimum atomic E-state index is 0.204. The summed E-state index contributed by atoms with van der Waals surface area (Å²) in [5.74, 6) is 1.27. The molecule has 0 atom stereocenters. The molecular weight excluding hydrogens is 226 g/mol. The zero-order valence-electron chi connectivity index (χ0n) is 10.4. The highest BCUT2D eigenvalue weighted by molar-refractivity contribution is 5.83. The van der Waals surface area contributed by atoms with Crippen LogP contribution in [0.15, 0.2) is 41.7 Å². The van der Waals surface area contributed by atoms with Gasteiger partial charge in [0, 0.05) is 32.5 Å². The van der Waals surface area contributed by atoms with Crippen LogP contribution in [0.1, 0.15) is 18.4 Å². The highest BCUT2D eigenvalue weighted by Gasteiger charge is 2.25. The van der Waals surface area contributed by atoms with Crippen LogP contribution in [0, 0.1) is 0 Å². The van der Waals surface area contributed by atoms with E-state index in [0.717, 1.165) is 31.8 Å². The van der Waals surface area contributed by atoms with Crippen LogP contribution in [-0.2, 0) is 16.1 Å². The summed E-state index contributed by atoms with van der Waals surface area (Å²) in [6.45, 7) is 3.11. The number of hydrogen-bond donors (Lipinski definition) is 0. The van der Waals surface area contributed by atoms with Gasteiger partial charge >= 0.3 is 0 Å². The van der Waals surface area contributed by atoms with Gasteiger partial charge in [-0.15, -0.1) is 0 Å². The van der Waals surface area contributed by atoms with Gasteiger partial charge < -0.3 is 4.74 Å². The van der Waals surface area contributed by atoms with Crippen molar-refractivity contribution < 1.29 is 9.53 Å².